The van der Waals surface area contributed by atoms with Crippen molar-refractivity contribution < 1.29 is 9.47 Å². The second-order valence-electron chi connectivity index (χ2n) is 6.14. The van der Waals surface area contributed by atoms with Crippen LogP contribution in [0.5, 0.6) is 11.5 Å². The zero-order valence-corrected chi connectivity index (χ0v) is 16.4. The lowest BCUT2D eigenvalue weighted by Gasteiger charge is -2.12. The quantitative estimate of drug-likeness (QED) is 0.534. The van der Waals surface area contributed by atoms with E-state index in [4.69, 9.17) is 21.1 Å². The number of hydrogen-bond acceptors (Lipinski definition) is 6. The monoisotopic (exact) mass is 395 g/mol. The zero-order valence-electron chi connectivity index (χ0n) is 15.6. The van der Waals surface area contributed by atoms with Gasteiger partial charge in [0.05, 0.1) is 37.2 Å². The molecule has 2 heterocycles. The number of ether oxygens (including phenoxy) is 2. The molecule has 0 atom stereocenters. The van der Waals surface area contributed by atoms with E-state index in [9.17, 15) is 0 Å². The zero-order chi connectivity index (χ0) is 19.7. The fraction of sp³-hybridized carbons (Fsp3) is 0.150. The molecule has 0 radical (unpaired) electrons. The number of hydrogen-bond donors (Lipinski definition) is 1. The molecule has 2 aromatic heterocycles. The maximum Gasteiger partial charge on any atom is 0.168 e. The summed E-state index contributed by atoms with van der Waals surface area (Å²) in [6.45, 7) is 1.96. The van der Waals surface area contributed by atoms with E-state index in [0.29, 0.717) is 28.0 Å². The van der Waals surface area contributed by atoms with Crippen molar-refractivity contribution in [1.82, 2.24) is 19.7 Å². The van der Waals surface area contributed by atoms with Crippen LogP contribution in [0.4, 0.5) is 11.5 Å². The van der Waals surface area contributed by atoms with Gasteiger partial charge in [0.15, 0.2) is 5.65 Å². The summed E-state index contributed by atoms with van der Waals surface area (Å²) in [4.78, 5) is 8.77. The number of halogens is 1. The molecule has 0 aliphatic heterocycles. The molecule has 0 spiro atoms. The van der Waals surface area contributed by atoms with Gasteiger partial charge in [0.25, 0.3) is 0 Å². The predicted molar refractivity (Wildman–Crippen MR) is 109 cm³/mol. The molecule has 0 aliphatic rings. The molecule has 8 heteroatoms. The normalized spacial score (nSPS) is 10.9. The minimum absolute atomic E-state index is 0.612. The van der Waals surface area contributed by atoms with Crippen molar-refractivity contribution in [3.05, 3.63) is 59.5 Å². The number of fused-ring (bicyclic) bond motifs is 1. The van der Waals surface area contributed by atoms with Gasteiger partial charge in [-0.1, -0.05) is 17.7 Å². The average Bonchev–Trinajstić information content (AvgIpc) is 3.15. The largest absolute Gasteiger partial charge is 0.497 e. The van der Waals surface area contributed by atoms with Crippen LogP contribution in [0.3, 0.4) is 0 Å². The van der Waals surface area contributed by atoms with Crippen molar-refractivity contribution in [2.24, 2.45) is 0 Å². The van der Waals surface area contributed by atoms with Crippen molar-refractivity contribution in [3.63, 3.8) is 0 Å². The number of aromatic nitrogens is 4. The highest BCUT2D eigenvalue weighted by molar-refractivity contribution is 6.31. The number of benzene rings is 2. The van der Waals surface area contributed by atoms with E-state index in [2.05, 4.69) is 20.4 Å². The number of anilines is 2. The molecular weight excluding hydrogens is 378 g/mol. The first-order valence-electron chi connectivity index (χ1n) is 8.55. The average molecular weight is 396 g/mol. The van der Waals surface area contributed by atoms with Gasteiger partial charge in [0, 0.05) is 11.1 Å². The van der Waals surface area contributed by atoms with Gasteiger partial charge in [0.2, 0.25) is 0 Å². The van der Waals surface area contributed by atoms with Crippen LogP contribution >= 0.6 is 11.6 Å². The van der Waals surface area contributed by atoms with Crippen LogP contribution in [0.2, 0.25) is 5.02 Å². The van der Waals surface area contributed by atoms with Crippen LogP contribution in [0, 0.1) is 6.92 Å². The van der Waals surface area contributed by atoms with Crippen LogP contribution in [-0.4, -0.2) is 34.0 Å². The van der Waals surface area contributed by atoms with E-state index in [1.54, 1.807) is 25.1 Å². The van der Waals surface area contributed by atoms with Gasteiger partial charge in [-0.3, -0.25) is 0 Å². The highest BCUT2D eigenvalue weighted by Gasteiger charge is 2.14. The third-order valence-corrected chi connectivity index (χ3v) is 4.83. The van der Waals surface area contributed by atoms with Crippen molar-refractivity contribution in [3.8, 4) is 17.2 Å². The van der Waals surface area contributed by atoms with Crippen LogP contribution in [-0.2, 0) is 0 Å². The van der Waals surface area contributed by atoms with Gasteiger partial charge in [0.1, 0.15) is 23.6 Å². The molecule has 0 aliphatic carbocycles. The number of nitrogens with zero attached hydrogens (tertiary/aromatic N) is 4. The minimum atomic E-state index is 0.612. The summed E-state index contributed by atoms with van der Waals surface area (Å²) >= 11 is 6.27. The lowest BCUT2D eigenvalue weighted by atomic mass is 10.2. The molecule has 7 nitrogen and oxygen atoms in total. The van der Waals surface area contributed by atoms with E-state index in [-0.39, 0.29) is 0 Å². The molecule has 0 bridgehead atoms. The van der Waals surface area contributed by atoms with Crippen molar-refractivity contribution in [2.45, 2.75) is 6.92 Å². The third-order valence-electron chi connectivity index (χ3n) is 4.43. The van der Waals surface area contributed by atoms with E-state index in [0.717, 1.165) is 22.3 Å². The SMILES string of the molecule is COc1ccc(OC)c(Nc2ncnc3c2cnn3-c2ccc(C)c(Cl)c2)c1. The third kappa shape index (κ3) is 3.20. The lowest BCUT2D eigenvalue weighted by Crippen LogP contribution is -2.01. The second-order valence-corrected chi connectivity index (χ2v) is 6.55. The Bertz CT molecular complexity index is 1160. The fourth-order valence-corrected chi connectivity index (χ4v) is 3.06. The van der Waals surface area contributed by atoms with Gasteiger partial charge in [-0.2, -0.15) is 5.10 Å². The van der Waals surface area contributed by atoms with Crippen molar-refractivity contribution in [1.29, 1.82) is 0 Å². The molecule has 0 saturated carbocycles. The van der Waals surface area contributed by atoms with Gasteiger partial charge in [-0.25, -0.2) is 14.6 Å². The number of aryl methyl sites for hydroxylation is 1. The Morgan fingerprint density at radius 1 is 1.04 bits per heavy atom. The summed E-state index contributed by atoms with van der Waals surface area (Å²) in [7, 11) is 3.23. The fourth-order valence-electron chi connectivity index (χ4n) is 2.89. The standard InChI is InChI=1S/C20H18ClN5O2/c1-12-4-5-13(8-16(12)21)26-20-15(10-24-26)19(22-11-23-20)25-17-9-14(27-2)6-7-18(17)28-3/h4-11H,1-3H3,(H,22,23,25). The highest BCUT2D eigenvalue weighted by atomic mass is 35.5. The summed E-state index contributed by atoms with van der Waals surface area (Å²) in [5.74, 6) is 1.99. The topological polar surface area (TPSA) is 74.1 Å². The Labute approximate surface area is 166 Å². The van der Waals surface area contributed by atoms with E-state index in [1.165, 1.54) is 6.33 Å². The number of nitrogens with one attached hydrogen (secondary N) is 1. The molecule has 0 unspecified atom stereocenters. The first kappa shape index (κ1) is 18.1. The number of methoxy groups -OCH3 is 2. The van der Waals surface area contributed by atoms with Crippen LogP contribution in [0.25, 0.3) is 16.7 Å². The molecule has 1 N–H and O–H groups in total. The Hall–Kier alpha value is -3.32. The molecular formula is C20H18ClN5O2. The number of rotatable bonds is 5. The molecule has 4 rings (SSSR count). The second kappa shape index (κ2) is 7.36. The summed E-state index contributed by atoms with van der Waals surface area (Å²) in [6.07, 6.45) is 3.21. The molecule has 0 fully saturated rings. The van der Waals surface area contributed by atoms with Gasteiger partial charge >= 0.3 is 0 Å². The molecule has 0 amide bonds. The van der Waals surface area contributed by atoms with Crippen molar-refractivity contribution >= 4 is 34.1 Å². The first-order valence-corrected chi connectivity index (χ1v) is 8.93. The molecule has 28 heavy (non-hydrogen) atoms. The van der Waals surface area contributed by atoms with Gasteiger partial charge in [-0.05, 0) is 36.8 Å². The maximum atomic E-state index is 6.27. The smallest absolute Gasteiger partial charge is 0.168 e. The Morgan fingerprint density at radius 3 is 2.64 bits per heavy atom. The highest BCUT2D eigenvalue weighted by Crippen LogP contribution is 2.33. The molecule has 142 valence electrons. The van der Waals surface area contributed by atoms with E-state index >= 15 is 0 Å². The molecule has 0 saturated heterocycles. The summed E-state index contributed by atoms with van der Waals surface area (Å²) < 4.78 is 12.5. The van der Waals surface area contributed by atoms with Crippen LogP contribution in [0.15, 0.2) is 48.9 Å². The summed E-state index contributed by atoms with van der Waals surface area (Å²) in [5, 5.41) is 9.21. The van der Waals surface area contributed by atoms with Crippen molar-refractivity contribution in [2.75, 3.05) is 19.5 Å². The van der Waals surface area contributed by atoms with E-state index < -0.39 is 0 Å². The Morgan fingerprint density at radius 2 is 1.89 bits per heavy atom. The summed E-state index contributed by atoms with van der Waals surface area (Å²) in [6, 6.07) is 11.3. The van der Waals surface area contributed by atoms with Gasteiger partial charge in [-0.15, -0.1) is 0 Å². The predicted octanol–water partition coefficient (Wildman–Crippen LogP) is 4.54. The van der Waals surface area contributed by atoms with E-state index in [1.807, 2.05) is 43.3 Å². The van der Waals surface area contributed by atoms with Crippen LogP contribution in [0.1, 0.15) is 5.56 Å². The first-order chi connectivity index (χ1) is 13.6. The van der Waals surface area contributed by atoms with Crippen LogP contribution < -0.4 is 14.8 Å². The maximum absolute atomic E-state index is 6.27. The minimum Gasteiger partial charge on any atom is -0.497 e. The lowest BCUT2D eigenvalue weighted by molar-refractivity contribution is 0.405. The Kier molecular flexibility index (Phi) is 4.75. The Balaban J connectivity index is 1.78. The molecule has 2 aromatic carbocycles. The summed E-state index contributed by atoms with van der Waals surface area (Å²) in [5.41, 5.74) is 3.23. The molecule has 4 aromatic rings. The van der Waals surface area contributed by atoms with Gasteiger partial charge < -0.3 is 14.8 Å².